The van der Waals surface area contributed by atoms with Crippen molar-refractivity contribution in [2.45, 2.75) is 13.0 Å². The second-order valence-electron chi connectivity index (χ2n) is 4.84. The van der Waals surface area contributed by atoms with Gasteiger partial charge in [-0.3, -0.25) is 0 Å². The van der Waals surface area contributed by atoms with Crippen molar-refractivity contribution in [1.29, 1.82) is 0 Å². The summed E-state index contributed by atoms with van der Waals surface area (Å²) in [5.41, 5.74) is 2.12. The number of rotatable bonds is 5. The fourth-order valence-electron chi connectivity index (χ4n) is 2.34. The number of nitrogens with one attached hydrogen (secondary N) is 2. The van der Waals surface area contributed by atoms with E-state index in [4.69, 9.17) is 11.6 Å². The second kappa shape index (κ2) is 5.69. The van der Waals surface area contributed by atoms with E-state index in [9.17, 15) is 0 Å². The monoisotopic (exact) mass is 288 g/mol. The molecule has 0 saturated carbocycles. The number of fused-ring (bicyclic) bond motifs is 1. The molecule has 2 N–H and O–H groups in total. The predicted octanol–water partition coefficient (Wildman–Crippen LogP) is 2.89. The van der Waals surface area contributed by atoms with Crippen LogP contribution in [0.5, 0.6) is 0 Å². The quantitative estimate of drug-likeness (QED) is 0.709. The molecule has 1 aromatic carbocycles. The Morgan fingerprint density at radius 3 is 2.95 bits per heavy atom. The highest BCUT2D eigenvalue weighted by atomic mass is 35.5. The van der Waals surface area contributed by atoms with Crippen molar-refractivity contribution in [2.24, 2.45) is 7.05 Å². The van der Waals surface area contributed by atoms with Gasteiger partial charge in [0.25, 0.3) is 0 Å². The SMILES string of the molecule is Cn1ccnc1CCNCc1[nH]c2ccccc2c1Cl. The summed E-state index contributed by atoms with van der Waals surface area (Å²) in [5.74, 6) is 1.08. The standard InChI is InChI=1S/C15H17ClN4/c1-20-9-8-18-14(20)6-7-17-10-13-15(16)11-4-2-3-5-12(11)19-13/h2-5,8-9,17,19H,6-7,10H2,1H3. The summed E-state index contributed by atoms with van der Waals surface area (Å²) >= 11 is 6.37. The van der Waals surface area contributed by atoms with Crippen molar-refractivity contribution in [3.05, 3.63) is 53.2 Å². The summed E-state index contributed by atoms with van der Waals surface area (Å²) in [5, 5.41) is 5.29. The number of H-pyrrole nitrogens is 1. The minimum atomic E-state index is 0.734. The van der Waals surface area contributed by atoms with E-state index in [1.165, 1.54) is 0 Å². The van der Waals surface area contributed by atoms with Crippen molar-refractivity contribution >= 4 is 22.5 Å². The largest absolute Gasteiger partial charge is 0.356 e. The van der Waals surface area contributed by atoms with Crippen LogP contribution in [-0.4, -0.2) is 21.1 Å². The predicted molar refractivity (Wildman–Crippen MR) is 81.9 cm³/mol. The van der Waals surface area contributed by atoms with Crippen LogP contribution in [0.25, 0.3) is 10.9 Å². The highest BCUT2D eigenvalue weighted by Gasteiger charge is 2.08. The Morgan fingerprint density at radius 1 is 1.35 bits per heavy atom. The third-order valence-electron chi connectivity index (χ3n) is 3.46. The van der Waals surface area contributed by atoms with Crippen LogP contribution >= 0.6 is 11.6 Å². The van der Waals surface area contributed by atoms with Gasteiger partial charge in [-0.1, -0.05) is 29.8 Å². The van der Waals surface area contributed by atoms with Crippen LogP contribution in [0, 0.1) is 0 Å². The Labute approximate surface area is 122 Å². The number of hydrogen-bond donors (Lipinski definition) is 2. The Balaban J connectivity index is 1.60. The van der Waals surface area contributed by atoms with Gasteiger partial charge in [0.2, 0.25) is 0 Å². The zero-order valence-corrected chi connectivity index (χ0v) is 12.1. The lowest BCUT2D eigenvalue weighted by atomic mass is 10.2. The van der Waals surface area contributed by atoms with E-state index in [1.807, 2.05) is 48.3 Å². The molecule has 0 aliphatic carbocycles. The molecule has 0 spiro atoms. The van der Waals surface area contributed by atoms with Crippen molar-refractivity contribution in [2.75, 3.05) is 6.54 Å². The molecule has 0 aliphatic heterocycles. The molecule has 2 aromatic heterocycles. The molecule has 0 atom stereocenters. The first-order valence-electron chi connectivity index (χ1n) is 6.67. The van der Waals surface area contributed by atoms with Gasteiger partial charge in [0.1, 0.15) is 5.82 Å². The number of aromatic amines is 1. The summed E-state index contributed by atoms with van der Waals surface area (Å²) < 4.78 is 2.04. The number of nitrogens with zero attached hydrogens (tertiary/aromatic N) is 2. The van der Waals surface area contributed by atoms with E-state index in [-0.39, 0.29) is 0 Å². The highest BCUT2D eigenvalue weighted by molar-refractivity contribution is 6.36. The van der Waals surface area contributed by atoms with Gasteiger partial charge in [-0.2, -0.15) is 0 Å². The van der Waals surface area contributed by atoms with Crippen LogP contribution in [0.15, 0.2) is 36.7 Å². The molecular formula is C15H17ClN4. The third kappa shape index (κ3) is 2.57. The molecule has 2 heterocycles. The first-order chi connectivity index (χ1) is 9.75. The Bertz CT molecular complexity index is 714. The molecule has 5 heteroatoms. The Hall–Kier alpha value is -1.78. The van der Waals surface area contributed by atoms with Crippen molar-refractivity contribution < 1.29 is 0 Å². The first-order valence-corrected chi connectivity index (χ1v) is 7.05. The van der Waals surface area contributed by atoms with Crippen LogP contribution in [0.1, 0.15) is 11.5 Å². The van der Waals surface area contributed by atoms with Crippen molar-refractivity contribution in [3.63, 3.8) is 0 Å². The summed E-state index contributed by atoms with van der Waals surface area (Å²) in [6.45, 7) is 1.61. The summed E-state index contributed by atoms with van der Waals surface area (Å²) in [6.07, 6.45) is 4.69. The molecule has 4 nitrogen and oxygen atoms in total. The molecule has 3 rings (SSSR count). The normalized spacial score (nSPS) is 11.3. The van der Waals surface area contributed by atoms with Gasteiger partial charge in [-0.25, -0.2) is 4.98 Å². The molecule has 0 amide bonds. The third-order valence-corrected chi connectivity index (χ3v) is 3.89. The topological polar surface area (TPSA) is 45.6 Å². The summed E-state index contributed by atoms with van der Waals surface area (Å²) in [4.78, 5) is 7.66. The lowest BCUT2D eigenvalue weighted by Crippen LogP contribution is -2.18. The fourth-order valence-corrected chi connectivity index (χ4v) is 2.62. The highest BCUT2D eigenvalue weighted by Crippen LogP contribution is 2.26. The van der Waals surface area contributed by atoms with Gasteiger partial charge in [0.15, 0.2) is 0 Å². The van der Waals surface area contributed by atoms with E-state index in [0.717, 1.165) is 47.0 Å². The lowest BCUT2D eigenvalue weighted by molar-refractivity contribution is 0.649. The van der Waals surface area contributed by atoms with Gasteiger partial charge in [0.05, 0.1) is 5.02 Å². The van der Waals surface area contributed by atoms with Gasteiger partial charge < -0.3 is 14.9 Å². The van der Waals surface area contributed by atoms with Gasteiger partial charge in [0, 0.05) is 55.5 Å². The van der Waals surface area contributed by atoms with Gasteiger partial charge >= 0.3 is 0 Å². The number of para-hydroxylation sites is 1. The lowest BCUT2D eigenvalue weighted by Gasteiger charge is -2.04. The maximum atomic E-state index is 6.37. The van der Waals surface area contributed by atoms with Crippen LogP contribution < -0.4 is 5.32 Å². The molecular weight excluding hydrogens is 272 g/mol. The molecule has 104 valence electrons. The maximum Gasteiger partial charge on any atom is 0.109 e. The summed E-state index contributed by atoms with van der Waals surface area (Å²) in [6, 6.07) is 8.08. The maximum absolute atomic E-state index is 6.37. The van der Waals surface area contributed by atoms with E-state index < -0.39 is 0 Å². The minimum Gasteiger partial charge on any atom is -0.356 e. The first kappa shape index (κ1) is 13.2. The number of aromatic nitrogens is 3. The van der Waals surface area contributed by atoms with Gasteiger partial charge in [-0.05, 0) is 6.07 Å². The molecule has 3 aromatic rings. The van der Waals surface area contributed by atoms with Crippen molar-refractivity contribution in [3.8, 4) is 0 Å². The average molecular weight is 289 g/mol. The van der Waals surface area contributed by atoms with Crippen LogP contribution in [-0.2, 0) is 20.0 Å². The van der Waals surface area contributed by atoms with Crippen LogP contribution in [0.2, 0.25) is 5.02 Å². The smallest absolute Gasteiger partial charge is 0.109 e. The van der Waals surface area contributed by atoms with E-state index in [1.54, 1.807) is 0 Å². The molecule has 0 radical (unpaired) electrons. The summed E-state index contributed by atoms with van der Waals surface area (Å²) in [7, 11) is 2.01. The molecule has 0 bridgehead atoms. The molecule has 0 saturated heterocycles. The minimum absolute atomic E-state index is 0.734. The number of imidazole rings is 1. The zero-order chi connectivity index (χ0) is 13.9. The van der Waals surface area contributed by atoms with E-state index in [2.05, 4.69) is 15.3 Å². The van der Waals surface area contributed by atoms with Crippen molar-refractivity contribution in [1.82, 2.24) is 19.9 Å². The zero-order valence-electron chi connectivity index (χ0n) is 11.4. The molecule has 0 fully saturated rings. The second-order valence-corrected chi connectivity index (χ2v) is 5.22. The number of hydrogen-bond acceptors (Lipinski definition) is 2. The Kier molecular flexibility index (Phi) is 3.76. The number of halogens is 1. The molecule has 20 heavy (non-hydrogen) atoms. The molecule has 0 unspecified atom stereocenters. The van der Waals surface area contributed by atoms with Crippen LogP contribution in [0.4, 0.5) is 0 Å². The number of aryl methyl sites for hydroxylation is 1. The average Bonchev–Trinajstić information content (AvgIpc) is 3.00. The van der Waals surface area contributed by atoms with E-state index in [0.29, 0.717) is 0 Å². The Morgan fingerprint density at radius 2 is 2.20 bits per heavy atom. The van der Waals surface area contributed by atoms with E-state index >= 15 is 0 Å². The fraction of sp³-hybridized carbons (Fsp3) is 0.267. The number of benzene rings is 1. The van der Waals surface area contributed by atoms with Gasteiger partial charge in [-0.15, -0.1) is 0 Å². The molecule has 0 aliphatic rings. The van der Waals surface area contributed by atoms with Crippen LogP contribution in [0.3, 0.4) is 0 Å².